The van der Waals surface area contributed by atoms with Crippen molar-refractivity contribution in [2.75, 3.05) is 26.2 Å². The highest BCUT2D eigenvalue weighted by Crippen LogP contribution is 2.36. The summed E-state index contributed by atoms with van der Waals surface area (Å²) in [5, 5.41) is 4.34. The number of H-pyrrole nitrogens is 1. The van der Waals surface area contributed by atoms with Crippen LogP contribution in [0.15, 0.2) is 35.1 Å². The van der Waals surface area contributed by atoms with Crippen molar-refractivity contribution >= 4 is 16.8 Å². The van der Waals surface area contributed by atoms with Crippen LogP contribution in [0.5, 0.6) is 0 Å². The average Bonchev–Trinajstić information content (AvgIpc) is 2.98. The Kier molecular flexibility index (Phi) is 3.45. The fourth-order valence-electron chi connectivity index (χ4n) is 3.96. The van der Waals surface area contributed by atoms with E-state index in [0.717, 1.165) is 49.9 Å². The summed E-state index contributed by atoms with van der Waals surface area (Å²) in [4.78, 5) is 29.8. The minimum Gasteiger partial charge on any atom is -0.338 e. The Bertz CT molecular complexity index is 805. The molecule has 4 rings (SSSR count). The molecule has 2 fully saturated rings. The van der Waals surface area contributed by atoms with E-state index < -0.39 is 0 Å². The molecule has 1 amide bonds. The molecule has 2 aliphatic rings. The number of hydrogen-bond acceptors (Lipinski definition) is 3. The second-order valence-electron chi connectivity index (χ2n) is 6.86. The number of aromatic amines is 1. The van der Waals surface area contributed by atoms with Gasteiger partial charge in [-0.3, -0.25) is 9.59 Å². The molecule has 1 aromatic heterocycles. The van der Waals surface area contributed by atoms with Crippen molar-refractivity contribution in [2.24, 2.45) is 5.41 Å². The number of fused-ring (bicyclic) bond motifs is 1. The number of aromatic nitrogens is 1. The lowest BCUT2D eigenvalue weighted by molar-refractivity contribution is 0.0762. The van der Waals surface area contributed by atoms with Gasteiger partial charge in [0.25, 0.3) is 11.5 Å². The van der Waals surface area contributed by atoms with Crippen LogP contribution in [0.3, 0.4) is 0 Å². The van der Waals surface area contributed by atoms with Gasteiger partial charge in [-0.15, -0.1) is 0 Å². The molecule has 2 saturated heterocycles. The molecular weight excluding hydrogens is 290 g/mol. The van der Waals surface area contributed by atoms with E-state index >= 15 is 0 Å². The highest BCUT2D eigenvalue weighted by atomic mass is 16.2. The zero-order valence-corrected chi connectivity index (χ0v) is 13.1. The number of carbonyl (C=O) groups excluding carboxylic acids is 1. The molecular formula is C18H21N3O2. The van der Waals surface area contributed by atoms with Crippen LogP contribution < -0.4 is 10.9 Å². The van der Waals surface area contributed by atoms with E-state index in [0.29, 0.717) is 0 Å². The number of piperidine rings is 1. The van der Waals surface area contributed by atoms with Gasteiger partial charge in [0.2, 0.25) is 0 Å². The van der Waals surface area contributed by atoms with Crippen LogP contribution in [0.2, 0.25) is 0 Å². The lowest BCUT2D eigenvalue weighted by Gasteiger charge is -2.33. The van der Waals surface area contributed by atoms with Crippen LogP contribution in [-0.2, 0) is 0 Å². The van der Waals surface area contributed by atoms with Gasteiger partial charge in [-0.25, -0.2) is 0 Å². The van der Waals surface area contributed by atoms with Gasteiger partial charge < -0.3 is 15.2 Å². The first-order valence-corrected chi connectivity index (χ1v) is 8.29. The van der Waals surface area contributed by atoms with Crippen LogP contribution >= 0.6 is 0 Å². The van der Waals surface area contributed by atoms with Gasteiger partial charge in [0.15, 0.2) is 0 Å². The minimum atomic E-state index is -0.295. The zero-order chi connectivity index (χ0) is 15.9. The lowest BCUT2D eigenvalue weighted by atomic mass is 9.80. The normalized spacial score (nSPS) is 24.4. The molecule has 2 aromatic rings. The quantitative estimate of drug-likeness (QED) is 0.843. The summed E-state index contributed by atoms with van der Waals surface area (Å²) in [6, 6.07) is 9.27. The van der Waals surface area contributed by atoms with Crippen LogP contribution in [0, 0.1) is 5.41 Å². The third-order valence-electron chi connectivity index (χ3n) is 5.27. The molecule has 2 aliphatic heterocycles. The number of nitrogens with one attached hydrogen (secondary N) is 2. The van der Waals surface area contributed by atoms with Crippen molar-refractivity contribution in [3.63, 3.8) is 0 Å². The van der Waals surface area contributed by atoms with Crippen molar-refractivity contribution in [1.82, 2.24) is 15.2 Å². The standard InChI is InChI=1S/C18H21N3O2/c22-16-14(10-13-4-1-2-5-15(13)20-16)17(23)21-9-7-18(12-21)6-3-8-19-11-18/h1-2,4-5,10,19H,3,6-9,11-12H2,(H,20,22)/t18-/m1/s1. The largest absolute Gasteiger partial charge is 0.338 e. The molecule has 120 valence electrons. The van der Waals surface area contributed by atoms with E-state index in [1.54, 1.807) is 6.07 Å². The van der Waals surface area contributed by atoms with Crippen LogP contribution in [-0.4, -0.2) is 42.0 Å². The average molecular weight is 311 g/mol. The summed E-state index contributed by atoms with van der Waals surface area (Å²) in [6.07, 6.45) is 3.35. The summed E-state index contributed by atoms with van der Waals surface area (Å²) in [5.41, 5.74) is 0.932. The van der Waals surface area contributed by atoms with Gasteiger partial charge in [-0.2, -0.15) is 0 Å². The second kappa shape index (κ2) is 5.49. The smallest absolute Gasteiger partial charge is 0.261 e. The van der Waals surface area contributed by atoms with Crippen molar-refractivity contribution in [2.45, 2.75) is 19.3 Å². The predicted octanol–water partition coefficient (Wildman–Crippen LogP) is 1.74. The number of likely N-dealkylation sites (tertiary alicyclic amines) is 1. The summed E-state index contributed by atoms with van der Waals surface area (Å²) >= 11 is 0. The monoisotopic (exact) mass is 311 g/mol. The molecule has 0 saturated carbocycles. The predicted molar refractivity (Wildman–Crippen MR) is 89.6 cm³/mol. The molecule has 0 unspecified atom stereocenters. The molecule has 1 aromatic carbocycles. The van der Waals surface area contributed by atoms with Gasteiger partial charge in [0.1, 0.15) is 5.56 Å². The van der Waals surface area contributed by atoms with Crippen LogP contribution in [0.25, 0.3) is 10.9 Å². The highest BCUT2D eigenvalue weighted by Gasteiger charge is 2.41. The Balaban J connectivity index is 1.62. The minimum absolute atomic E-state index is 0.139. The highest BCUT2D eigenvalue weighted by molar-refractivity contribution is 5.97. The molecule has 5 heteroatoms. The van der Waals surface area contributed by atoms with Gasteiger partial charge in [0.05, 0.1) is 0 Å². The van der Waals surface area contributed by atoms with Gasteiger partial charge in [-0.1, -0.05) is 18.2 Å². The number of benzene rings is 1. The summed E-state index contributed by atoms with van der Waals surface area (Å²) < 4.78 is 0. The summed E-state index contributed by atoms with van der Waals surface area (Å²) in [5.74, 6) is -0.139. The number of pyridine rings is 1. The van der Waals surface area contributed by atoms with Gasteiger partial charge >= 0.3 is 0 Å². The van der Waals surface area contributed by atoms with Gasteiger partial charge in [0, 0.05) is 30.6 Å². The number of carbonyl (C=O) groups is 1. The SMILES string of the molecule is O=C(c1cc2ccccc2[nH]c1=O)N1CC[C@@]2(CCCNC2)C1. The maximum atomic E-state index is 12.8. The lowest BCUT2D eigenvalue weighted by Crippen LogP contribution is -2.43. The fraction of sp³-hybridized carbons (Fsp3) is 0.444. The zero-order valence-electron chi connectivity index (χ0n) is 13.1. The van der Waals surface area contributed by atoms with E-state index in [2.05, 4.69) is 10.3 Å². The Labute approximate surface area is 134 Å². The number of para-hydroxylation sites is 1. The van der Waals surface area contributed by atoms with E-state index in [4.69, 9.17) is 0 Å². The number of hydrogen-bond donors (Lipinski definition) is 2. The Hall–Kier alpha value is -2.14. The summed E-state index contributed by atoms with van der Waals surface area (Å²) in [7, 11) is 0. The van der Waals surface area contributed by atoms with Crippen LogP contribution in [0.4, 0.5) is 0 Å². The van der Waals surface area contributed by atoms with Crippen LogP contribution in [0.1, 0.15) is 29.6 Å². The number of amides is 1. The maximum Gasteiger partial charge on any atom is 0.261 e. The second-order valence-corrected chi connectivity index (χ2v) is 6.86. The Morgan fingerprint density at radius 1 is 1.22 bits per heavy atom. The third-order valence-corrected chi connectivity index (χ3v) is 5.27. The first-order valence-electron chi connectivity index (χ1n) is 8.29. The van der Waals surface area contributed by atoms with Gasteiger partial charge in [-0.05, 0) is 43.3 Å². The molecule has 1 spiro atoms. The first-order chi connectivity index (χ1) is 11.2. The molecule has 5 nitrogen and oxygen atoms in total. The van der Waals surface area contributed by atoms with Crippen molar-refractivity contribution in [3.05, 3.63) is 46.2 Å². The molecule has 0 bridgehead atoms. The Morgan fingerprint density at radius 3 is 2.91 bits per heavy atom. The summed E-state index contributed by atoms with van der Waals surface area (Å²) in [6.45, 7) is 3.54. The maximum absolute atomic E-state index is 12.8. The topological polar surface area (TPSA) is 65.2 Å². The molecule has 2 N–H and O–H groups in total. The first kappa shape index (κ1) is 14.5. The van der Waals surface area contributed by atoms with Crippen molar-refractivity contribution in [1.29, 1.82) is 0 Å². The van der Waals surface area contributed by atoms with E-state index in [1.165, 1.54) is 6.42 Å². The van der Waals surface area contributed by atoms with Crippen molar-refractivity contribution < 1.29 is 4.79 Å². The van der Waals surface area contributed by atoms with E-state index in [9.17, 15) is 9.59 Å². The third kappa shape index (κ3) is 2.55. The van der Waals surface area contributed by atoms with E-state index in [-0.39, 0.29) is 22.4 Å². The number of rotatable bonds is 1. The van der Waals surface area contributed by atoms with Crippen molar-refractivity contribution in [3.8, 4) is 0 Å². The molecule has 0 aliphatic carbocycles. The molecule has 1 atom stereocenters. The molecule has 23 heavy (non-hydrogen) atoms. The molecule has 0 radical (unpaired) electrons. The Morgan fingerprint density at radius 2 is 2.09 bits per heavy atom. The van der Waals surface area contributed by atoms with E-state index in [1.807, 2.05) is 29.2 Å². The number of nitrogens with zero attached hydrogens (tertiary/aromatic N) is 1. The fourth-order valence-corrected chi connectivity index (χ4v) is 3.96. The molecule has 3 heterocycles.